The summed E-state index contributed by atoms with van der Waals surface area (Å²) in [6.45, 7) is 2.15. The average Bonchev–Trinajstić information content (AvgIpc) is 3.19. The molecule has 0 saturated carbocycles. The Hall–Kier alpha value is -1.14. The van der Waals surface area contributed by atoms with Crippen LogP contribution >= 0.6 is 0 Å². The van der Waals surface area contributed by atoms with Crippen LogP contribution in [0, 0.1) is 6.92 Å². The normalized spacial score (nSPS) is 8.88. The van der Waals surface area contributed by atoms with Crippen LogP contribution in [-0.2, 0) is 26.2 Å². The number of aryl methyl sites for hydroxylation is 1. The third-order valence-corrected chi connectivity index (χ3v) is 3.54. The fourth-order valence-corrected chi connectivity index (χ4v) is 2.57. The molecule has 0 saturated heterocycles. The largest absolute Gasteiger partial charge is 4.00 e. The molecule has 24 heavy (non-hydrogen) atoms. The Morgan fingerprint density at radius 3 is 2.00 bits per heavy atom. The van der Waals surface area contributed by atoms with E-state index in [0.29, 0.717) is 0 Å². The van der Waals surface area contributed by atoms with Gasteiger partial charge in [0.05, 0.1) is 0 Å². The minimum atomic E-state index is 0. The molecule has 0 aliphatic heterocycles. The van der Waals surface area contributed by atoms with E-state index in [9.17, 15) is 0 Å². The second-order valence-corrected chi connectivity index (χ2v) is 5.17. The van der Waals surface area contributed by atoms with Gasteiger partial charge in [-0.3, -0.25) is 0 Å². The first kappa shape index (κ1) is 22.9. The number of hydrogen-bond acceptors (Lipinski definition) is 0. The Kier molecular flexibility index (Phi) is 10.9. The monoisotopic (exact) mass is 430 g/mol. The maximum atomic E-state index is 2.26. The van der Waals surface area contributed by atoms with Gasteiger partial charge in [0.15, 0.2) is 0 Å². The van der Waals surface area contributed by atoms with E-state index in [1.54, 1.807) is 0 Å². The fourth-order valence-electron chi connectivity index (χ4n) is 2.57. The molecule has 0 spiro atoms. The predicted molar refractivity (Wildman–Crippen MR) is 91.7 cm³/mol. The molecule has 0 heterocycles. The molecule has 4 rings (SSSR count). The predicted octanol–water partition coefficient (Wildman–Crippen LogP) is -0.0549. The molecule has 4 aromatic rings. The molecule has 0 aliphatic rings. The topological polar surface area (TPSA) is 0 Å². The van der Waals surface area contributed by atoms with E-state index in [1.165, 1.54) is 27.5 Å². The summed E-state index contributed by atoms with van der Waals surface area (Å²) in [5.41, 5.74) is 3.95. The quantitative estimate of drug-likeness (QED) is 0.370. The summed E-state index contributed by atoms with van der Waals surface area (Å²) in [5.74, 6) is 0. The van der Waals surface area contributed by atoms with Crippen LogP contribution in [0.2, 0.25) is 0 Å². The van der Waals surface area contributed by atoms with Crippen molar-refractivity contribution in [2.24, 2.45) is 0 Å². The van der Waals surface area contributed by atoms with E-state index in [4.69, 9.17) is 0 Å². The third kappa shape index (κ3) is 5.74. The van der Waals surface area contributed by atoms with Crippen molar-refractivity contribution in [3.63, 3.8) is 0 Å². The number of benzene rings is 2. The van der Waals surface area contributed by atoms with Crippen molar-refractivity contribution in [1.29, 1.82) is 0 Å². The Bertz CT molecular complexity index is 785. The smallest absolute Gasteiger partial charge is 1.00 e. The fraction of sp³-hybridized carbons (Fsp3) is 0.0476. The van der Waals surface area contributed by atoms with Gasteiger partial charge in [-0.25, -0.2) is 12.1 Å². The van der Waals surface area contributed by atoms with Gasteiger partial charge in [0.2, 0.25) is 0 Å². The Morgan fingerprint density at radius 2 is 1.42 bits per heavy atom. The van der Waals surface area contributed by atoms with Gasteiger partial charge in [0.25, 0.3) is 0 Å². The maximum absolute atomic E-state index is 2.26. The summed E-state index contributed by atoms with van der Waals surface area (Å²) >= 11 is 0. The van der Waals surface area contributed by atoms with Crippen molar-refractivity contribution in [3.8, 4) is 11.1 Å². The zero-order valence-corrected chi connectivity index (χ0v) is 17.4. The summed E-state index contributed by atoms with van der Waals surface area (Å²) in [6, 6.07) is 31.6. The van der Waals surface area contributed by atoms with E-state index in [0.717, 1.165) is 0 Å². The van der Waals surface area contributed by atoms with E-state index < -0.39 is 0 Å². The van der Waals surface area contributed by atoms with Crippen molar-refractivity contribution in [2.45, 2.75) is 6.92 Å². The van der Waals surface area contributed by atoms with Gasteiger partial charge in [-0.05, 0) is 5.56 Å². The molecule has 0 radical (unpaired) electrons. The molecule has 0 N–H and O–H groups in total. The Balaban J connectivity index is 0.000000578. The van der Waals surface area contributed by atoms with Crippen LogP contribution in [0.15, 0.2) is 91.0 Å². The SMILES string of the molecule is Cc1cc2c(-c3ccccc3)cccc2[cH-]1.[Cl-].[Cl-].[Zr+4].c1cc[cH-]c1. The van der Waals surface area contributed by atoms with Crippen molar-refractivity contribution in [2.75, 3.05) is 0 Å². The third-order valence-electron chi connectivity index (χ3n) is 3.54. The van der Waals surface area contributed by atoms with Crippen LogP contribution in [0.25, 0.3) is 21.9 Å². The molecule has 4 aromatic carbocycles. The molecule has 120 valence electrons. The van der Waals surface area contributed by atoms with E-state index in [1.807, 2.05) is 30.3 Å². The maximum Gasteiger partial charge on any atom is 4.00 e. The van der Waals surface area contributed by atoms with Crippen LogP contribution < -0.4 is 24.8 Å². The minimum absolute atomic E-state index is 0. The zero-order chi connectivity index (χ0) is 14.5. The van der Waals surface area contributed by atoms with Gasteiger partial charge in [0, 0.05) is 0 Å². The molecule has 0 bridgehead atoms. The molecule has 0 unspecified atom stereocenters. The molecule has 0 aromatic heterocycles. The molecule has 0 atom stereocenters. The van der Waals surface area contributed by atoms with E-state index in [-0.39, 0.29) is 51.0 Å². The Morgan fingerprint density at radius 1 is 0.750 bits per heavy atom. The number of halogens is 2. The van der Waals surface area contributed by atoms with Gasteiger partial charge in [-0.1, -0.05) is 48.9 Å². The van der Waals surface area contributed by atoms with Crippen LogP contribution in [0.4, 0.5) is 0 Å². The van der Waals surface area contributed by atoms with Gasteiger partial charge < -0.3 is 24.8 Å². The van der Waals surface area contributed by atoms with Crippen LogP contribution in [0.3, 0.4) is 0 Å². The van der Waals surface area contributed by atoms with Crippen LogP contribution in [0.1, 0.15) is 5.56 Å². The second-order valence-electron chi connectivity index (χ2n) is 5.17. The minimum Gasteiger partial charge on any atom is -1.00 e. The molecular formula is C21H18Cl2Zr. The molecule has 0 amide bonds. The second kappa shape index (κ2) is 11.4. The van der Waals surface area contributed by atoms with E-state index >= 15 is 0 Å². The standard InChI is InChI=1S/C16H13.C5H5.2ClH.Zr/c1-12-10-14-8-5-9-15(16(14)11-12)13-6-3-2-4-7-13;1-2-4-5-3-1;;;/h2-11H,1H3;1-5H;2*1H;/q2*-1;;;+4/p-2. The van der Waals surface area contributed by atoms with Crippen LogP contribution in [0.5, 0.6) is 0 Å². The zero-order valence-electron chi connectivity index (χ0n) is 13.4. The van der Waals surface area contributed by atoms with Crippen molar-refractivity contribution in [3.05, 3.63) is 96.6 Å². The number of fused-ring (bicyclic) bond motifs is 1. The van der Waals surface area contributed by atoms with Gasteiger partial charge in [0.1, 0.15) is 0 Å². The number of rotatable bonds is 1. The van der Waals surface area contributed by atoms with Crippen molar-refractivity contribution in [1.82, 2.24) is 0 Å². The van der Waals surface area contributed by atoms with Crippen molar-refractivity contribution < 1.29 is 51.0 Å². The summed E-state index contributed by atoms with van der Waals surface area (Å²) in [5, 5.41) is 2.69. The molecule has 0 aliphatic carbocycles. The summed E-state index contributed by atoms with van der Waals surface area (Å²) in [4.78, 5) is 0. The van der Waals surface area contributed by atoms with Gasteiger partial charge in [-0.15, -0.1) is 34.5 Å². The van der Waals surface area contributed by atoms with E-state index in [2.05, 4.69) is 67.6 Å². The summed E-state index contributed by atoms with van der Waals surface area (Å²) < 4.78 is 0. The first-order valence-electron chi connectivity index (χ1n) is 7.23. The first-order valence-corrected chi connectivity index (χ1v) is 7.23. The first-order chi connectivity index (χ1) is 10.3. The Labute approximate surface area is 175 Å². The van der Waals surface area contributed by atoms with Gasteiger partial charge in [-0.2, -0.15) is 24.3 Å². The van der Waals surface area contributed by atoms with Gasteiger partial charge >= 0.3 is 26.2 Å². The molecular weight excluding hydrogens is 414 g/mol. The summed E-state index contributed by atoms with van der Waals surface area (Å²) in [6.07, 6.45) is 0. The molecule has 0 fully saturated rings. The van der Waals surface area contributed by atoms with Crippen LogP contribution in [-0.4, -0.2) is 0 Å². The molecule has 0 nitrogen and oxygen atoms in total. The summed E-state index contributed by atoms with van der Waals surface area (Å²) in [7, 11) is 0. The van der Waals surface area contributed by atoms with Crippen molar-refractivity contribution >= 4 is 10.8 Å². The molecule has 3 heteroatoms. The number of hydrogen-bond donors (Lipinski definition) is 0. The average molecular weight is 433 g/mol.